The minimum Gasteiger partial charge on any atom is -0.491 e. The number of carbonyl (C=O) groups is 2. The summed E-state index contributed by atoms with van der Waals surface area (Å²) in [6.45, 7) is 2.63. The molecule has 1 unspecified atom stereocenters. The molecule has 0 aliphatic carbocycles. The van der Waals surface area contributed by atoms with Crippen molar-refractivity contribution in [2.75, 3.05) is 11.9 Å². The summed E-state index contributed by atoms with van der Waals surface area (Å²) >= 11 is 0. The molecule has 2 N–H and O–H groups in total. The molecule has 102 valence electrons. The molecule has 0 bridgehead atoms. The first-order chi connectivity index (χ1) is 9.20. The molecule has 1 aromatic carbocycles. The van der Waals surface area contributed by atoms with Crippen LogP contribution in [0.1, 0.15) is 26.2 Å². The molecule has 0 aromatic heterocycles. The fraction of sp³-hybridized carbons (Fsp3) is 0.429. The summed E-state index contributed by atoms with van der Waals surface area (Å²) in [4.78, 5) is 23.1. The summed E-state index contributed by atoms with van der Waals surface area (Å²) < 4.78 is 5.57. The molecular formula is C14H18N2O3. The highest BCUT2D eigenvalue weighted by atomic mass is 16.5. The molecule has 5 heteroatoms. The first-order valence-corrected chi connectivity index (χ1v) is 6.52. The highest BCUT2D eigenvalue weighted by molar-refractivity contribution is 5.99. The van der Waals surface area contributed by atoms with Crippen molar-refractivity contribution in [2.24, 2.45) is 0 Å². The van der Waals surface area contributed by atoms with Gasteiger partial charge in [-0.3, -0.25) is 9.59 Å². The van der Waals surface area contributed by atoms with E-state index in [2.05, 4.69) is 10.6 Å². The zero-order valence-electron chi connectivity index (χ0n) is 10.9. The van der Waals surface area contributed by atoms with E-state index in [1.165, 1.54) is 0 Å². The highest BCUT2D eigenvalue weighted by Crippen LogP contribution is 2.24. The third kappa shape index (κ3) is 3.47. The number of amides is 2. The molecule has 1 aromatic rings. The minimum atomic E-state index is -0.438. The maximum absolute atomic E-state index is 12.0. The maximum atomic E-state index is 12.0. The Balaban J connectivity index is 2.01. The lowest BCUT2D eigenvalue weighted by Gasteiger charge is -2.14. The van der Waals surface area contributed by atoms with E-state index < -0.39 is 6.04 Å². The number of carbonyl (C=O) groups excluding carboxylic acids is 2. The van der Waals surface area contributed by atoms with Gasteiger partial charge in [0.05, 0.1) is 12.3 Å². The molecule has 0 radical (unpaired) electrons. The van der Waals surface area contributed by atoms with Crippen LogP contribution >= 0.6 is 0 Å². The van der Waals surface area contributed by atoms with Gasteiger partial charge >= 0.3 is 0 Å². The van der Waals surface area contributed by atoms with Gasteiger partial charge < -0.3 is 15.4 Å². The fourth-order valence-corrected chi connectivity index (χ4v) is 1.94. The van der Waals surface area contributed by atoms with Crippen LogP contribution in [0.15, 0.2) is 24.3 Å². The highest BCUT2D eigenvalue weighted by Gasteiger charge is 2.27. The molecule has 1 aliphatic heterocycles. The number of hydrogen-bond acceptors (Lipinski definition) is 3. The molecule has 5 nitrogen and oxygen atoms in total. The predicted octanol–water partition coefficient (Wildman–Crippen LogP) is 1.69. The van der Waals surface area contributed by atoms with Gasteiger partial charge in [-0.2, -0.15) is 0 Å². The fourth-order valence-electron chi connectivity index (χ4n) is 1.94. The molecule has 2 amide bonds. The van der Waals surface area contributed by atoms with E-state index in [1.54, 1.807) is 6.07 Å². The predicted molar refractivity (Wildman–Crippen MR) is 72.0 cm³/mol. The Bertz CT molecular complexity index is 474. The van der Waals surface area contributed by atoms with Crippen molar-refractivity contribution < 1.29 is 14.3 Å². The second-order valence-electron chi connectivity index (χ2n) is 4.49. The Hall–Kier alpha value is -2.04. The monoisotopic (exact) mass is 262 g/mol. The zero-order chi connectivity index (χ0) is 13.7. The van der Waals surface area contributed by atoms with E-state index in [4.69, 9.17) is 4.74 Å². The van der Waals surface area contributed by atoms with Gasteiger partial charge in [-0.15, -0.1) is 0 Å². The van der Waals surface area contributed by atoms with Crippen molar-refractivity contribution in [1.29, 1.82) is 0 Å². The summed E-state index contributed by atoms with van der Waals surface area (Å²) in [7, 11) is 0. The smallest absolute Gasteiger partial charge is 0.247 e. The van der Waals surface area contributed by atoms with Crippen LogP contribution in [-0.2, 0) is 9.59 Å². The van der Waals surface area contributed by atoms with E-state index in [0.29, 0.717) is 30.9 Å². The third-order valence-electron chi connectivity index (χ3n) is 2.92. The second-order valence-corrected chi connectivity index (χ2v) is 4.49. The van der Waals surface area contributed by atoms with Crippen molar-refractivity contribution >= 4 is 17.5 Å². The topological polar surface area (TPSA) is 67.4 Å². The quantitative estimate of drug-likeness (QED) is 0.848. The van der Waals surface area contributed by atoms with Crippen LogP contribution in [0.3, 0.4) is 0 Å². The Morgan fingerprint density at radius 2 is 2.26 bits per heavy atom. The SMILES string of the molecule is CCCOc1ccccc1NC(=O)C1CCC(=O)N1. The zero-order valence-corrected chi connectivity index (χ0v) is 10.9. The molecule has 1 fully saturated rings. The average molecular weight is 262 g/mol. The Morgan fingerprint density at radius 1 is 1.47 bits per heavy atom. The van der Waals surface area contributed by atoms with Gasteiger partial charge in [-0.25, -0.2) is 0 Å². The molecule has 1 atom stereocenters. The summed E-state index contributed by atoms with van der Waals surface area (Å²) in [6, 6.07) is 6.87. The van der Waals surface area contributed by atoms with Crippen LogP contribution in [0.25, 0.3) is 0 Å². The van der Waals surface area contributed by atoms with Crippen LogP contribution in [0, 0.1) is 0 Å². The number of para-hydroxylation sites is 2. The largest absolute Gasteiger partial charge is 0.491 e. The molecule has 1 saturated heterocycles. The molecule has 19 heavy (non-hydrogen) atoms. The Labute approximate surface area is 112 Å². The first kappa shape index (κ1) is 13.4. The second kappa shape index (κ2) is 6.22. The van der Waals surface area contributed by atoms with Gasteiger partial charge in [0, 0.05) is 6.42 Å². The molecule has 2 rings (SSSR count). The van der Waals surface area contributed by atoms with Crippen molar-refractivity contribution in [1.82, 2.24) is 5.32 Å². The van der Waals surface area contributed by atoms with E-state index in [-0.39, 0.29) is 11.8 Å². The number of anilines is 1. The number of rotatable bonds is 5. The van der Waals surface area contributed by atoms with Crippen LogP contribution < -0.4 is 15.4 Å². The summed E-state index contributed by atoms with van der Waals surface area (Å²) in [5.74, 6) is 0.385. The van der Waals surface area contributed by atoms with Gasteiger partial charge in [-0.05, 0) is 25.0 Å². The molecule has 0 spiro atoms. The van der Waals surface area contributed by atoms with Crippen LogP contribution in [0.4, 0.5) is 5.69 Å². The van der Waals surface area contributed by atoms with Crippen molar-refractivity contribution in [3.05, 3.63) is 24.3 Å². The lowest BCUT2D eigenvalue weighted by molar-refractivity contribution is -0.122. The van der Waals surface area contributed by atoms with Crippen molar-refractivity contribution in [3.63, 3.8) is 0 Å². The third-order valence-corrected chi connectivity index (χ3v) is 2.92. The Kier molecular flexibility index (Phi) is 4.39. The number of hydrogen-bond donors (Lipinski definition) is 2. The van der Waals surface area contributed by atoms with Crippen LogP contribution in [0.2, 0.25) is 0 Å². The normalized spacial score (nSPS) is 17.9. The van der Waals surface area contributed by atoms with E-state index in [1.807, 2.05) is 25.1 Å². The van der Waals surface area contributed by atoms with Crippen molar-refractivity contribution in [3.8, 4) is 5.75 Å². The van der Waals surface area contributed by atoms with Gasteiger partial charge in [-0.1, -0.05) is 19.1 Å². The minimum absolute atomic E-state index is 0.0735. The average Bonchev–Trinajstić information content (AvgIpc) is 2.84. The lowest BCUT2D eigenvalue weighted by Crippen LogP contribution is -2.37. The van der Waals surface area contributed by atoms with Crippen LogP contribution in [0.5, 0.6) is 5.75 Å². The molecule has 1 aliphatic rings. The van der Waals surface area contributed by atoms with E-state index >= 15 is 0 Å². The summed E-state index contributed by atoms with van der Waals surface area (Å²) in [5.41, 5.74) is 0.641. The van der Waals surface area contributed by atoms with Crippen molar-refractivity contribution in [2.45, 2.75) is 32.2 Å². The van der Waals surface area contributed by atoms with E-state index in [9.17, 15) is 9.59 Å². The number of nitrogens with one attached hydrogen (secondary N) is 2. The molecule has 1 heterocycles. The number of benzene rings is 1. The summed E-state index contributed by atoms with van der Waals surface area (Å²) in [5, 5.41) is 5.45. The lowest BCUT2D eigenvalue weighted by atomic mass is 10.2. The number of ether oxygens (including phenoxy) is 1. The van der Waals surface area contributed by atoms with Gasteiger partial charge in [0.1, 0.15) is 11.8 Å². The van der Waals surface area contributed by atoms with Gasteiger partial charge in [0.15, 0.2) is 0 Å². The Morgan fingerprint density at radius 3 is 2.95 bits per heavy atom. The standard InChI is InChI=1S/C14H18N2O3/c1-2-9-19-12-6-4-3-5-10(12)16-14(18)11-7-8-13(17)15-11/h3-6,11H,2,7-9H2,1H3,(H,15,17)(H,16,18). The molecular weight excluding hydrogens is 244 g/mol. The maximum Gasteiger partial charge on any atom is 0.247 e. The first-order valence-electron chi connectivity index (χ1n) is 6.52. The van der Waals surface area contributed by atoms with Gasteiger partial charge in [0.25, 0.3) is 0 Å². The summed E-state index contributed by atoms with van der Waals surface area (Å²) in [6.07, 6.45) is 1.86. The molecule has 0 saturated carbocycles. The van der Waals surface area contributed by atoms with E-state index in [0.717, 1.165) is 6.42 Å². The van der Waals surface area contributed by atoms with Gasteiger partial charge in [0.2, 0.25) is 11.8 Å². The van der Waals surface area contributed by atoms with Crippen LogP contribution in [-0.4, -0.2) is 24.5 Å².